The van der Waals surface area contributed by atoms with Gasteiger partial charge in [0.2, 0.25) is 5.91 Å². The average Bonchev–Trinajstić information content (AvgIpc) is 2.75. The lowest BCUT2D eigenvalue weighted by molar-refractivity contribution is -0.122. The fourth-order valence-electron chi connectivity index (χ4n) is 4.72. The van der Waals surface area contributed by atoms with Crippen LogP contribution in [0.25, 0.3) is 0 Å². The lowest BCUT2D eigenvalue weighted by Crippen LogP contribution is -2.63. The molecule has 2 heterocycles. The highest BCUT2D eigenvalue weighted by atomic mass is 16.3. The Hall–Kier alpha value is -2.93. The highest BCUT2D eigenvalue weighted by molar-refractivity contribution is 5.96. The van der Waals surface area contributed by atoms with Crippen LogP contribution in [0, 0.1) is 6.92 Å². The molecule has 7 nitrogen and oxygen atoms in total. The first-order chi connectivity index (χ1) is 15.0. The quantitative estimate of drug-likeness (QED) is 0.664. The van der Waals surface area contributed by atoms with Crippen LogP contribution in [0.4, 0.5) is 0 Å². The van der Waals surface area contributed by atoms with Crippen LogP contribution < -0.4 is 10.6 Å². The molecule has 7 heteroatoms. The van der Waals surface area contributed by atoms with Gasteiger partial charge in [-0.05, 0) is 56.7 Å². The van der Waals surface area contributed by atoms with Gasteiger partial charge in [0.1, 0.15) is 5.75 Å². The van der Waals surface area contributed by atoms with Crippen LogP contribution >= 0.6 is 0 Å². The van der Waals surface area contributed by atoms with Crippen LogP contribution in [-0.2, 0) is 4.79 Å². The van der Waals surface area contributed by atoms with Gasteiger partial charge < -0.3 is 15.7 Å². The third-order valence-electron chi connectivity index (χ3n) is 6.45. The maximum atomic E-state index is 12.2. The van der Waals surface area contributed by atoms with Gasteiger partial charge in [-0.2, -0.15) is 0 Å². The number of carbonyl (C=O) groups excluding carboxylic acids is 2. The Labute approximate surface area is 182 Å². The molecule has 2 amide bonds. The molecule has 31 heavy (non-hydrogen) atoms. The fraction of sp³-hybridized carbons (Fsp3) is 0.458. The van der Waals surface area contributed by atoms with Gasteiger partial charge >= 0.3 is 0 Å². The van der Waals surface area contributed by atoms with Crippen molar-refractivity contribution in [3.05, 3.63) is 59.4 Å². The summed E-state index contributed by atoms with van der Waals surface area (Å²) >= 11 is 0. The van der Waals surface area contributed by atoms with Crippen molar-refractivity contribution < 1.29 is 14.7 Å². The largest absolute Gasteiger partial charge is 0.506 e. The number of aromatic hydroxyl groups is 1. The monoisotopic (exact) mass is 422 g/mol. The number of hydrogen-bond donors (Lipinski definition) is 3. The molecule has 0 bridgehead atoms. The van der Waals surface area contributed by atoms with Crippen LogP contribution in [0.2, 0.25) is 0 Å². The lowest BCUT2D eigenvalue weighted by atomic mass is 9.80. The fourth-order valence-corrected chi connectivity index (χ4v) is 4.72. The number of nitrogens with zero attached hydrogens (tertiary/aromatic N) is 2. The summed E-state index contributed by atoms with van der Waals surface area (Å²) in [5, 5.41) is 15.7. The Morgan fingerprint density at radius 2 is 1.94 bits per heavy atom. The van der Waals surface area contributed by atoms with Gasteiger partial charge in [-0.1, -0.05) is 17.7 Å². The van der Waals surface area contributed by atoms with Crippen molar-refractivity contribution in [3.63, 3.8) is 0 Å². The number of amides is 2. The number of rotatable bonds is 6. The second-order valence-electron chi connectivity index (χ2n) is 8.71. The smallest absolute Gasteiger partial charge is 0.251 e. The number of pyridine rings is 1. The molecule has 164 valence electrons. The summed E-state index contributed by atoms with van der Waals surface area (Å²) in [5.74, 6) is 0.314. The van der Waals surface area contributed by atoms with Crippen molar-refractivity contribution in [1.29, 1.82) is 0 Å². The minimum absolute atomic E-state index is 0.0101. The van der Waals surface area contributed by atoms with E-state index in [9.17, 15) is 14.7 Å². The number of nitrogens with one attached hydrogen (secondary N) is 2. The molecule has 1 aromatic carbocycles. The zero-order valence-corrected chi connectivity index (χ0v) is 17.9. The van der Waals surface area contributed by atoms with Crippen LogP contribution in [-0.4, -0.2) is 58.5 Å². The molecule has 3 N–H and O–H groups in total. The minimum Gasteiger partial charge on any atom is -0.506 e. The molecular weight excluding hydrogens is 392 g/mol. The van der Waals surface area contributed by atoms with Crippen LogP contribution in [0.3, 0.4) is 0 Å². The molecule has 0 atom stereocenters. The predicted octanol–water partition coefficient (Wildman–Crippen LogP) is 2.35. The topological polar surface area (TPSA) is 94.6 Å². The molecule has 2 aliphatic rings. The van der Waals surface area contributed by atoms with E-state index in [4.69, 9.17) is 0 Å². The van der Waals surface area contributed by atoms with Crippen molar-refractivity contribution in [3.8, 4) is 5.75 Å². The number of aryl methyl sites for hydroxylation is 1. The molecule has 1 aliphatic heterocycles. The number of likely N-dealkylation sites (tertiary alicyclic amines) is 1. The summed E-state index contributed by atoms with van der Waals surface area (Å²) in [6, 6.07) is 9.92. The zero-order valence-electron chi connectivity index (χ0n) is 17.9. The zero-order chi connectivity index (χ0) is 21.8. The van der Waals surface area contributed by atoms with E-state index in [2.05, 4.69) is 20.5 Å². The van der Waals surface area contributed by atoms with Crippen molar-refractivity contribution >= 4 is 11.8 Å². The first kappa shape index (κ1) is 21.3. The van der Waals surface area contributed by atoms with Crippen LogP contribution in [0.5, 0.6) is 5.75 Å². The van der Waals surface area contributed by atoms with E-state index >= 15 is 0 Å². The van der Waals surface area contributed by atoms with Gasteiger partial charge in [-0.3, -0.25) is 19.5 Å². The predicted molar refractivity (Wildman–Crippen MR) is 118 cm³/mol. The van der Waals surface area contributed by atoms with E-state index in [1.165, 1.54) is 6.20 Å². The Balaban J connectivity index is 1.15. The molecule has 1 aliphatic carbocycles. The minimum atomic E-state index is -0.230. The molecule has 2 fully saturated rings. The highest BCUT2D eigenvalue weighted by Gasteiger charge is 2.35. The number of aromatic nitrogens is 1. The number of hydrogen-bond acceptors (Lipinski definition) is 5. The van der Waals surface area contributed by atoms with Crippen molar-refractivity contribution in [2.24, 2.45) is 0 Å². The second kappa shape index (κ2) is 9.47. The van der Waals surface area contributed by atoms with E-state index in [-0.39, 0.29) is 24.4 Å². The van der Waals surface area contributed by atoms with E-state index in [1.807, 2.05) is 31.2 Å². The van der Waals surface area contributed by atoms with Crippen LogP contribution in [0.15, 0.2) is 42.7 Å². The summed E-state index contributed by atoms with van der Waals surface area (Å²) in [5.41, 5.74) is 2.59. The molecule has 4 rings (SSSR count). The maximum Gasteiger partial charge on any atom is 0.251 e. The van der Waals surface area contributed by atoms with Gasteiger partial charge in [-0.25, -0.2) is 0 Å². The standard InChI is InChI=1S/C24H30N4O3/c1-16-3-2-4-18(11-16)24(31)26-13-23(30)27-19-14-28(15-19)20-7-5-17(6-8-20)21-9-10-25-12-22(21)29/h2-4,9-12,17,19-20,29H,5-8,13-15H2,1H3,(H,26,31)(H,27,30). The van der Waals surface area contributed by atoms with Crippen molar-refractivity contribution in [2.45, 2.75) is 50.6 Å². The summed E-state index contributed by atoms with van der Waals surface area (Å²) < 4.78 is 0. The first-order valence-corrected chi connectivity index (χ1v) is 11.0. The lowest BCUT2D eigenvalue weighted by Gasteiger charge is -2.46. The molecule has 1 saturated heterocycles. The third-order valence-corrected chi connectivity index (χ3v) is 6.45. The highest BCUT2D eigenvalue weighted by Crippen LogP contribution is 2.38. The van der Waals surface area contributed by atoms with E-state index < -0.39 is 0 Å². The molecule has 0 spiro atoms. The van der Waals surface area contributed by atoms with Gasteiger partial charge in [0, 0.05) is 36.5 Å². The van der Waals surface area contributed by atoms with Crippen LogP contribution in [0.1, 0.15) is 53.1 Å². The van der Waals surface area contributed by atoms with E-state index in [0.717, 1.165) is 49.9 Å². The first-order valence-electron chi connectivity index (χ1n) is 11.0. The van der Waals surface area contributed by atoms with E-state index in [0.29, 0.717) is 23.3 Å². The summed E-state index contributed by atoms with van der Waals surface area (Å²) in [6.45, 7) is 3.63. The average molecular weight is 423 g/mol. The van der Waals surface area contributed by atoms with Gasteiger partial charge in [0.25, 0.3) is 5.91 Å². The second-order valence-corrected chi connectivity index (χ2v) is 8.71. The van der Waals surface area contributed by atoms with Gasteiger partial charge in [-0.15, -0.1) is 0 Å². The molecule has 0 unspecified atom stereocenters. The Bertz CT molecular complexity index is 934. The Kier molecular flexibility index (Phi) is 6.51. The molecule has 0 radical (unpaired) electrons. The maximum absolute atomic E-state index is 12.2. The van der Waals surface area contributed by atoms with Crippen molar-refractivity contribution in [2.75, 3.05) is 19.6 Å². The number of benzene rings is 1. The molecular formula is C24H30N4O3. The summed E-state index contributed by atoms with van der Waals surface area (Å²) in [7, 11) is 0. The number of carbonyl (C=O) groups is 2. The van der Waals surface area contributed by atoms with Gasteiger partial charge in [0.15, 0.2) is 0 Å². The normalized spacial score (nSPS) is 21.8. The Morgan fingerprint density at radius 3 is 2.65 bits per heavy atom. The molecule has 2 aromatic rings. The SMILES string of the molecule is Cc1cccc(C(=O)NCC(=O)NC2CN(C3CCC(c4ccncc4O)CC3)C2)c1. The van der Waals surface area contributed by atoms with Gasteiger partial charge in [0.05, 0.1) is 18.8 Å². The van der Waals surface area contributed by atoms with Crippen molar-refractivity contribution in [1.82, 2.24) is 20.5 Å². The Morgan fingerprint density at radius 1 is 1.16 bits per heavy atom. The third kappa shape index (κ3) is 5.22. The summed E-state index contributed by atoms with van der Waals surface area (Å²) in [6.07, 6.45) is 7.57. The molecule has 1 aromatic heterocycles. The van der Waals surface area contributed by atoms with E-state index in [1.54, 1.807) is 12.3 Å². The molecule has 1 saturated carbocycles. The summed E-state index contributed by atoms with van der Waals surface area (Å²) in [4.78, 5) is 30.7.